The Bertz CT molecular complexity index is 144. The molecule has 2 heteroatoms. The smallest absolute Gasteiger partial charge is 0.0772 e. The quantitative estimate of drug-likeness (QED) is 0.634. The second-order valence-electron chi connectivity index (χ2n) is 3.89. The zero-order valence-corrected chi connectivity index (χ0v) is 8.41. The van der Waals surface area contributed by atoms with Crippen LogP contribution in [0, 0.1) is 5.92 Å². The van der Waals surface area contributed by atoms with Crippen LogP contribution in [0.15, 0.2) is 12.2 Å². The Labute approximate surface area is 74.9 Å². The molecule has 0 aliphatic heterocycles. The van der Waals surface area contributed by atoms with Gasteiger partial charge in [0.25, 0.3) is 0 Å². The van der Waals surface area contributed by atoms with Crippen LogP contribution in [0.5, 0.6) is 0 Å². The molecule has 72 valence electrons. The molecule has 0 fully saturated rings. The molecule has 0 aromatic carbocycles. The van der Waals surface area contributed by atoms with Crippen molar-refractivity contribution in [2.45, 2.75) is 45.8 Å². The fourth-order valence-electron chi connectivity index (χ4n) is 0.765. The monoisotopic (exact) mass is 172 g/mol. The highest BCUT2D eigenvalue weighted by Gasteiger charge is 2.11. The number of aliphatic hydroxyl groups is 2. The first-order chi connectivity index (χ1) is 5.37. The molecule has 0 spiro atoms. The second-order valence-corrected chi connectivity index (χ2v) is 3.89. The first kappa shape index (κ1) is 11.7. The van der Waals surface area contributed by atoms with E-state index in [0.29, 0.717) is 0 Å². The van der Waals surface area contributed by atoms with Crippen LogP contribution in [-0.4, -0.2) is 21.9 Å². The minimum absolute atomic E-state index is 0.253. The lowest BCUT2D eigenvalue weighted by Crippen LogP contribution is -2.18. The van der Waals surface area contributed by atoms with Crippen molar-refractivity contribution in [3.63, 3.8) is 0 Å². The van der Waals surface area contributed by atoms with Crippen LogP contribution in [0.4, 0.5) is 0 Å². The van der Waals surface area contributed by atoms with Gasteiger partial charge in [-0.25, -0.2) is 0 Å². The van der Waals surface area contributed by atoms with E-state index in [1.165, 1.54) is 0 Å². The summed E-state index contributed by atoms with van der Waals surface area (Å²) in [5, 5.41) is 18.8. The molecule has 0 bridgehead atoms. The van der Waals surface area contributed by atoms with Gasteiger partial charge >= 0.3 is 0 Å². The lowest BCUT2D eigenvalue weighted by atomic mass is 9.99. The van der Waals surface area contributed by atoms with E-state index < -0.39 is 11.7 Å². The molecule has 2 atom stereocenters. The summed E-state index contributed by atoms with van der Waals surface area (Å²) < 4.78 is 0. The van der Waals surface area contributed by atoms with Crippen LogP contribution >= 0.6 is 0 Å². The zero-order chi connectivity index (χ0) is 9.78. The number of hydrogen-bond donors (Lipinski definition) is 2. The third-order valence-electron chi connectivity index (χ3n) is 1.93. The topological polar surface area (TPSA) is 40.5 Å². The van der Waals surface area contributed by atoms with Gasteiger partial charge in [-0.2, -0.15) is 0 Å². The van der Waals surface area contributed by atoms with Gasteiger partial charge in [0, 0.05) is 0 Å². The van der Waals surface area contributed by atoms with Crippen LogP contribution < -0.4 is 0 Å². The van der Waals surface area contributed by atoms with Gasteiger partial charge in [0.15, 0.2) is 0 Å². The summed E-state index contributed by atoms with van der Waals surface area (Å²) in [6.07, 6.45) is 3.79. The van der Waals surface area contributed by atoms with E-state index >= 15 is 0 Å². The average Bonchev–Trinajstić information content (AvgIpc) is 1.97. The van der Waals surface area contributed by atoms with Crippen molar-refractivity contribution >= 4 is 0 Å². The summed E-state index contributed by atoms with van der Waals surface area (Å²) in [6, 6.07) is 0. The van der Waals surface area contributed by atoms with E-state index in [4.69, 9.17) is 0 Å². The zero-order valence-electron chi connectivity index (χ0n) is 8.41. The highest BCUT2D eigenvalue weighted by Crippen LogP contribution is 2.11. The largest absolute Gasteiger partial charge is 0.389 e. The van der Waals surface area contributed by atoms with E-state index in [1.54, 1.807) is 26.0 Å². The van der Waals surface area contributed by atoms with Crippen molar-refractivity contribution in [2.75, 3.05) is 0 Å². The minimum atomic E-state index is -0.825. The summed E-state index contributed by atoms with van der Waals surface area (Å²) in [5.74, 6) is 0.253. The van der Waals surface area contributed by atoms with Crippen LogP contribution in [0.25, 0.3) is 0 Å². The molecule has 0 saturated carbocycles. The first-order valence-electron chi connectivity index (χ1n) is 4.46. The summed E-state index contributed by atoms with van der Waals surface area (Å²) in [4.78, 5) is 0. The van der Waals surface area contributed by atoms with Crippen LogP contribution in [0.3, 0.4) is 0 Å². The summed E-state index contributed by atoms with van der Waals surface area (Å²) in [6.45, 7) is 7.39. The number of hydrogen-bond acceptors (Lipinski definition) is 2. The van der Waals surface area contributed by atoms with E-state index in [0.717, 1.165) is 6.42 Å². The standard InChI is InChI=1S/C10H20O2/c1-5-8(2)9(11)6-7-10(3,4)12/h6-9,11-12H,5H2,1-4H3. The summed E-state index contributed by atoms with van der Waals surface area (Å²) in [7, 11) is 0. The van der Waals surface area contributed by atoms with Gasteiger partial charge in [-0.15, -0.1) is 0 Å². The van der Waals surface area contributed by atoms with Crippen molar-refractivity contribution in [2.24, 2.45) is 5.92 Å². The predicted octanol–water partition coefficient (Wildman–Crippen LogP) is 1.72. The molecule has 2 N–H and O–H groups in total. The third-order valence-corrected chi connectivity index (χ3v) is 1.93. The Kier molecular flexibility index (Phi) is 4.50. The molecule has 12 heavy (non-hydrogen) atoms. The van der Waals surface area contributed by atoms with Crippen LogP contribution in [0.1, 0.15) is 34.1 Å². The van der Waals surface area contributed by atoms with E-state index in [1.807, 2.05) is 13.8 Å². The van der Waals surface area contributed by atoms with Gasteiger partial charge in [-0.05, 0) is 19.8 Å². The van der Waals surface area contributed by atoms with E-state index in [2.05, 4.69) is 0 Å². The molecule has 0 radical (unpaired) electrons. The highest BCUT2D eigenvalue weighted by atomic mass is 16.3. The van der Waals surface area contributed by atoms with Gasteiger partial charge < -0.3 is 10.2 Å². The molecule has 0 aromatic heterocycles. The van der Waals surface area contributed by atoms with Crippen molar-refractivity contribution in [1.82, 2.24) is 0 Å². The molecule has 0 amide bonds. The minimum Gasteiger partial charge on any atom is -0.389 e. The molecular weight excluding hydrogens is 152 g/mol. The maximum absolute atomic E-state index is 9.48. The lowest BCUT2D eigenvalue weighted by Gasteiger charge is -2.15. The van der Waals surface area contributed by atoms with Gasteiger partial charge in [-0.3, -0.25) is 0 Å². The van der Waals surface area contributed by atoms with Gasteiger partial charge in [0.2, 0.25) is 0 Å². The molecule has 0 aromatic rings. The van der Waals surface area contributed by atoms with Crippen molar-refractivity contribution in [3.05, 3.63) is 12.2 Å². The molecule has 0 saturated heterocycles. The lowest BCUT2D eigenvalue weighted by molar-refractivity contribution is 0.125. The molecule has 0 aliphatic carbocycles. The Morgan fingerprint density at radius 1 is 1.42 bits per heavy atom. The third kappa shape index (κ3) is 5.33. The predicted molar refractivity (Wildman–Crippen MR) is 50.9 cm³/mol. The Morgan fingerprint density at radius 3 is 2.25 bits per heavy atom. The molecular formula is C10H20O2. The Hall–Kier alpha value is -0.340. The normalized spacial score (nSPS) is 18.2. The van der Waals surface area contributed by atoms with Gasteiger partial charge in [0.05, 0.1) is 11.7 Å². The Balaban J connectivity index is 3.99. The van der Waals surface area contributed by atoms with Crippen LogP contribution in [-0.2, 0) is 0 Å². The summed E-state index contributed by atoms with van der Waals surface area (Å²) in [5.41, 5.74) is -0.825. The first-order valence-corrected chi connectivity index (χ1v) is 4.46. The fraction of sp³-hybridized carbons (Fsp3) is 0.800. The van der Waals surface area contributed by atoms with Crippen LogP contribution in [0.2, 0.25) is 0 Å². The second kappa shape index (κ2) is 4.63. The fourth-order valence-corrected chi connectivity index (χ4v) is 0.765. The molecule has 2 nitrogen and oxygen atoms in total. The maximum atomic E-state index is 9.48. The molecule has 0 heterocycles. The Morgan fingerprint density at radius 2 is 1.92 bits per heavy atom. The van der Waals surface area contributed by atoms with Crippen molar-refractivity contribution in [1.29, 1.82) is 0 Å². The van der Waals surface area contributed by atoms with Crippen molar-refractivity contribution in [3.8, 4) is 0 Å². The highest BCUT2D eigenvalue weighted by molar-refractivity contribution is 4.99. The molecule has 0 aliphatic rings. The van der Waals surface area contributed by atoms with Gasteiger partial charge in [-0.1, -0.05) is 32.4 Å². The number of aliphatic hydroxyl groups excluding tert-OH is 1. The van der Waals surface area contributed by atoms with Crippen molar-refractivity contribution < 1.29 is 10.2 Å². The van der Waals surface area contributed by atoms with E-state index in [-0.39, 0.29) is 5.92 Å². The molecule has 0 rings (SSSR count). The SMILES string of the molecule is CCC(C)C(O)C=CC(C)(C)O. The van der Waals surface area contributed by atoms with E-state index in [9.17, 15) is 10.2 Å². The summed E-state index contributed by atoms with van der Waals surface area (Å²) >= 11 is 0. The molecule has 2 unspecified atom stereocenters. The maximum Gasteiger partial charge on any atom is 0.0772 e. The number of rotatable bonds is 4. The van der Waals surface area contributed by atoms with Gasteiger partial charge in [0.1, 0.15) is 0 Å². The average molecular weight is 172 g/mol.